The normalized spacial score (nSPS) is 48.6. The van der Waals surface area contributed by atoms with Crippen LogP contribution < -0.4 is 0 Å². The molecule has 0 spiro atoms. The molecule has 0 aromatic rings. The maximum absolute atomic E-state index is 11.5. The lowest BCUT2D eigenvalue weighted by Gasteiger charge is -2.55. The van der Waals surface area contributed by atoms with Crippen LogP contribution in [-0.4, -0.2) is 54.5 Å². The summed E-state index contributed by atoms with van der Waals surface area (Å²) in [4.78, 5) is 0. The summed E-state index contributed by atoms with van der Waals surface area (Å²) in [5, 5.41) is 22.0. The zero-order valence-corrected chi connectivity index (χ0v) is 15.1. The van der Waals surface area contributed by atoms with Gasteiger partial charge in [-0.1, -0.05) is 13.3 Å². The third kappa shape index (κ3) is 3.37. The number of hydrogen-bond donors (Lipinski definition) is 2. The summed E-state index contributed by atoms with van der Waals surface area (Å²) in [6.07, 6.45) is 3.79. The van der Waals surface area contributed by atoms with E-state index < -0.39 is 24.0 Å². The second kappa shape index (κ2) is 7.17. The topological polar surface area (TPSA) is 77.4 Å². The summed E-state index contributed by atoms with van der Waals surface area (Å²) < 4.78 is 22.8. The number of ether oxygens (including phenoxy) is 4. The van der Waals surface area contributed by atoms with Gasteiger partial charge in [-0.2, -0.15) is 0 Å². The van der Waals surface area contributed by atoms with Crippen LogP contribution >= 0.6 is 0 Å². The van der Waals surface area contributed by atoms with Gasteiger partial charge in [-0.25, -0.2) is 0 Å². The molecule has 2 heterocycles. The highest BCUT2D eigenvalue weighted by Crippen LogP contribution is 2.54. The SMILES string of the molecule is COCCCOC1O[C@@H]2OC(C)(O)CCC3CCCC([C@H]1C)[C@]32O. The van der Waals surface area contributed by atoms with E-state index in [1.807, 2.05) is 0 Å². The molecule has 0 radical (unpaired) electrons. The second-order valence-electron chi connectivity index (χ2n) is 7.87. The predicted molar refractivity (Wildman–Crippen MR) is 87.0 cm³/mol. The van der Waals surface area contributed by atoms with Crippen molar-refractivity contribution in [2.45, 2.75) is 76.3 Å². The van der Waals surface area contributed by atoms with E-state index in [0.29, 0.717) is 19.6 Å². The lowest BCUT2D eigenvalue weighted by molar-refractivity contribution is -0.406. The van der Waals surface area contributed by atoms with Gasteiger partial charge in [0.15, 0.2) is 18.4 Å². The van der Waals surface area contributed by atoms with Gasteiger partial charge in [0, 0.05) is 32.0 Å². The average molecular weight is 344 g/mol. The fourth-order valence-electron chi connectivity index (χ4n) is 4.77. The van der Waals surface area contributed by atoms with Gasteiger partial charge >= 0.3 is 0 Å². The summed E-state index contributed by atoms with van der Waals surface area (Å²) in [6.45, 7) is 4.93. The number of hydrogen-bond acceptors (Lipinski definition) is 6. The van der Waals surface area contributed by atoms with Gasteiger partial charge < -0.3 is 29.2 Å². The van der Waals surface area contributed by atoms with Crippen molar-refractivity contribution in [1.82, 2.24) is 0 Å². The monoisotopic (exact) mass is 344 g/mol. The Bertz CT molecular complexity index is 428. The molecule has 0 aromatic carbocycles. The van der Waals surface area contributed by atoms with E-state index in [9.17, 15) is 10.2 Å². The van der Waals surface area contributed by atoms with Crippen LogP contribution in [-0.2, 0) is 18.9 Å². The molecule has 24 heavy (non-hydrogen) atoms. The molecule has 2 aliphatic heterocycles. The van der Waals surface area contributed by atoms with Gasteiger partial charge in [-0.05, 0) is 38.5 Å². The van der Waals surface area contributed by atoms with E-state index in [1.54, 1.807) is 14.0 Å². The molecular formula is C18H32O6. The first kappa shape index (κ1) is 18.5. The molecule has 7 atom stereocenters. The molecule has 6 heteroatoms. The Morgan fingerprint density at radius 2 is 1.96 bits per heavy atom. The van der Waals surface area contributed by atoms with Gasteiger partial charge in [0.25, 0.3) is 0 Å². The summed E-state index contributed by atoms with van der Waals surface area (Å²) >= 11 is 0. The Morgan fingerprint density at radius 3 is 2.71 bits per heavy atom. The molecule has 2 N–H and O–H groups in total. The maximum atomic E-state index is 11.5. The lowest BCUT2D eigenvalue weighted by atomic mass is 9.61. The first-order valence-electron chi connectivity index (χ1n) is 9.27. The quantitative estimate of drug-likeness (QED) is 0.743. The highest BCUT2D eigenvalue weighted by molar-refractivity contribution is 5.05. The van der Waals surface area contributed by atoms with Crippen molar-refractivity contribution in [3.63, 3.8) is 0 Å². The molecule has 0 aromatic heterocycles. The van der Waals surface area contributed by atoms with Crippen molar-refractivity contribution in [1.29, 1.82) is 0 Å². The zero-order chi connectivity index (χ0) is 17.4. The van der Waals surface area contributed by atoms with Crippen molar-refractivity contribution >= 4 is 0 Å². The van der Waals surface area contributed by atoms with E-state index in [0.717, 1.165) is 32.1 Å². The molecule has 2 saturated heterocycles. The van der Waals surface area contributed by atoms with Gasteiger partial charge in [0.2, 0.25) is 0 Å². The smallest absolute Gasteiger partial charge is 0.193 e. The van der Waals surface area contributed by atoms with Crippen LogP contribution in [0, 0.1) is 17.8 Å². The van der Waals surface area contributed by atoms with E-state index in [-0.39, 0.29) is 17.8 Å². The average Bonchev–Trinajstić information content (AvgIpc) is 2.63. The van der Waals surface area contributed by atoms with Crippen LogP contribution in [0.15, 0.2) is 0 Å². The standard InChI is InChI=1S/C18H32O6/c1-12-14-7-4-6-13-8-9-17(2,19)24-16(18(13,14)20)23-15(12)22-11-5-10-21-3/h12-16,19-20H,4-11H2,1-3H3/t12-,13?,14?,15?,16-,17?,18-/m1/s1. The van der Waals surface area contributed by atoms with Crippen molar-refractivity contribution in [3.8, 4) is 0 Å². The van der Waals surface area contributed by atoms with Crippen LogP contribution in [0.1, 0.15) is 52.4 Å². The second-order valence-corrected chi connectivity index (χ2v) is 7.87. The Balaban J connectivity index is 1.78. The number of methoxy groups -OCH3 is 1. The predicted octanol–water partition coefficient (Wildman–Crippen LogP) is 2.02. The molecule has 140 valence electrons. The van der Waals surface area contributed by atoms with Crippen LogP contribution in [0.2, 0.25) is 0 Å². The van der Waals surface area contributed by atoms with Crippen LogP contribution in [0.25, 0.3) is 0 Å². The number of rotatable bonds is 5. The fraction of sp³-hybridized carbons (Fsp3) is 1.00. The molecule has 1 aliphatic carbocycles. The van der Waals surface area contributed by atoms with E-state index in [2.05, 4.69) is 6.92 Å². The Morgan fingerprint density at radius 1 is 1.17 bits per heavy atom. The minimum atomic E-state index is -1.27. The number of aliphatic hydroxyl groups is 2. The van der Waals surface area contributed by atoms with Crippen molar-refractivity contribution < 1.29 is 29.2 Å². The Labute approximate surface area is 144 Å². The molecule has 1 saturated carbocycles. The highest BCUT2D eigenvalue weighted by Gasteiger charge is 2.62. The Hall–Kier alpha value is -0.240. The molecular weight excluding hydrogens is 312 g/mol. The minimum Gasteiger partial charge on any atom is -0.385 e. The molecule has 6 nitrogen and oxygen atoms in total. The van der Waals surface area contributed by atoms with E-state index >= 15 is 0 Å². The van der Waals surface area contributed by atoms with Gasteiger partial charge in [-0.3, -0.25) is 0 Å². The van der Waals surface area contributed by atoms with Crippen LogP contribution in [0.3, 0.4) is 0 Å². The van der Waals surface area contributed by atoms with Gasteiger partial charge in [-0.15, -0.1) is 0 Å². The van der Waals surface area contributed by atoms with Crippen molar-refractivity contribution in [2.24, 2.45) is 17.8 Å². The van der Waals surface area contributed by atoms with Gasteiger partial charge in [0.1, 0.15) is 5.60 Å². The van der Waals surface area contributed by atoms with E-state index in [4.69, 9.17) is 18.9 Å². The van der Waals surface area contributed by atoms with E-state index in [1.165, 1.54) is 0 Å². The zero-order valence-electron chi connectivity index (χ0n) is 15.1. The molecule has 3 aliphatic rings. The molecule has 4 unspecified atom stereocenters. The Kier molecular flexibility index (Phi) is 5.54. The maximum Gasteiger partial charge on any atom is 0.193 e. The molecule has 0 amide bonds. The third-order valence-corrected chi connectivity index (χ3v) is 6.11. The van der Waals surface area contributed by atoms with Crippen LogP contribution in [0.4, 0.5) is 0 Å². The molecule has 0 bridgehead atoms. The van der Waals surface area contributed by atoms with Gasteiger partial charge in [0.05, 0.1) is 6.61 Å². The summed E-state index contributed by atoms with van der Waals surface area (Å²) in [5.74, 6) is -1.02. The molecule has 3 rings (SSSR count). The fourth-order valence-corrected chi connectivity index (χ4v) is 4.77. The first-order valence-corrected chi connectivity index (χ1v) is 9.27. The van der Waals surface area contributed by atoms with Crippen molar-refractivity contribution in [3.05, 3.63) is 0 Å². The third-order valence-electron chi connectivity index (χ3n) is 6.11. The first-order chi connectivity index (χ1) is 11.4. The summed E-state index contributed by atoms with van der Waals surface area (Å²) in [5.41, 5.74) is -1.04. The van der Waals surface area contributed by atoms with Crippen LogP contribution in [0.5, 0.6) is 0 Å². The summed E-state index contributed by atoms with van der Waals surface area (Å²) in [6, 6.07) is 0. The minimum absolute atomic E-state index is 0.0660. The lowest BCUT2D eigenvalue weighted by Crippen LogP contribution is -2.65. The summed E-state index contributed by atoms with van der Waals surface area (Å²) in [7, 11) is 1.67. The van der Waals surface area contributed by atoms with Crippen molar-refractivity contribution in [2.75, 3.05) is 20.3 Å². The largest absolute Gasteiger partial charge is 0.385 e. The molecule has 3 fully saturated rings. The highest BCUT2D eigenvalue weighted by atomic mass is 16.8.